The molecule has 2 aromatic carbocycles. The Bertz CT molecular complexity index is 881. The van der Waals surface area contributed by atoms with E-state index in [4.69, 9.17) is 0 Å². The Balaban J connectivity index is 2.25. The molecule has 0 aliphatic rings. The van der Waals surface area contributed by atoms with Gasteiger partial charge in [0, 0.05) is 17.6 Å². The van der Waals surface area contributed by atoms with E-state index in [-0.39, 0.29) is 5.57 Å². The van der Waals surface area contributed by atoms with E-state index >= 15 is 0 Å². The summed E-state index contributed by atoms with van der Waals surface area (Å²) in [5.74, 6) is -0.415. The number of nitrogens with one attached hydrogen (secondary N) is 2. The number of amides is 1. The lowest BCUT2D eigenvalue weighted by Crippen LogP contribution is -2.16. The van der Waals surface area contributed by atoms with Gasteiger partial charge in [-0.05, 0) is 56.4 Å². The van der Waals surface area contributed by atoms with Gasteiger partial charge >= 0.3 is 0 Å². The van der Waals surface area contributed by atoms with Crippen LogP contribution in [0.3, 0.4) is 0 Å². The molecule has 0 bridgehead atoms. The lowest BCUT2D eigenvalue weighted by molar-refractivity contribution is -0.112. The van der Waals surface area contributed by atoms with Crippen LogP contribution >= 0.6 is 0 Å². The van der Waals surface area contributed by atoms with Crippen molar-refractivity contribution in [1.29, 1.82) is 5.26 Å². The fourth-order valence-electron chi connectivity index (χ4n) is 3.08. The second-order valence-corrected chi connectivity index (χ2v) is 6.50. The van der Waals surface area contributed by atoms with Crippen LogP contribution in [0, 0.1) is 39.0 Å². The SMILES string of the molecule is CCc1cccc(C)c1N/C=C(/C#N)C(=O)Nc1c(C)cc(C)cc1C. The number of para-hydroxylation sites is 1. The zero-order valence-corrected chi connectivity index (χ0v) is 16.0. The number of nitrogens with zero attached hydrogens (tertiary/aromatic N) is 1. The second kappa shape index (κ2) is 8.35. The number of hydrogen-bond donors (Lipinski definition) is 2. The molecule has 0 radical (unpaired) electrons. The lowest BCUT2D eigenvalue weighted by Gasteiger charge is -2.13. The molecule has 0 saturated heterocycles. The van der Waals surface area contributed by atoms with Gasteiger partial charge in [0.2, 0.25) is 0 Å². The minimum Gasteiger partial charge on any atom is -0.360 e. The summed E-state index contributed by atoms with van der Waals surface area (Å²) in [5, 5.41) is 15.4. The summed E-state index contributed by atoms with van der Waals surface area (Å²) in [6, 6.07) is 12.0. The van der Waals surface area contributed by atoms with E-state index in [1.807, 2.05) is 64.1 Å². The van der Waals surface area contributed by atoms with Gasteiger partial charge < -0.3 is 10.6 Å². The normalized spacial score (nSPS) is 11.0. The Hall–Kier alpha value is -3.06. The number of carbonyl (C=O) groups excluding carboxylic acids is 1. The number of anilines is 2. The van der Waals surface area contributed by atoms with Crippen molar-refractivity contribution in [3.05, 3.63) is 69.9 Å². The molecule has 0 atom stereocenters. The number of nitriles is 1. The zero-order valence-electron chi connectivity index (χ0n) is 16.0. The predicted octanol–water partition coefficient (Wildman–Crippen LogP) is 4.94. The fraction of sp³-hybridized carbons (Fsp3) is 0.273. The Labute approximate surface area is 155 Å². The molecule has 0 aliphatic heterocycles. The van der Waals surface area contributed by atoms with Crippen LogP contribution in [0.4, 0.5) is 11.4 Å². The van der Waals surface area contributed by atoms with Gasteiger partial charge in [0.25, 0.3) is 5.91 Å². The summed E-state index contributed by atoms with van der Waals surface area (Å²) < 4.78 is 0. The zero-order chi connectivity index (χ0) is 19.3. The molecule has 4 heteroatoms. The molecule has 1 amide bonds. The Kier molecular flexibility index (Phi) is 6.19. The molecule has 0 unspecified atom stereocenters. The molecule has 26 heavy (non-hydrogen) atoms. The van der Waals surface area contributed by atoms with Crippen molar-refractivity contribution in [3.63, 3.8) is 0 Å². The maximum atomic E-state index is 12.6. The summed E-state index contributed by atoms with van der Waals surface area (Å²) in [7, 11) is 0. The topological polar surface area (TPSA) is 64.9 Å². The van der Waals surface area contributed by atoms with Crippen LogP contribution in [-0.2, 0) is 11.2 Å². The highest BCUT2D eigenvalue weighted by atomic mass is 16.1. The van der Waals surface area contributed by atoms with E-state index in [2.05, 4.69) is 17.6 Å². The second-order valence-electron chi connectivity index (χ2n) is 6.50. The Morgan fingerprint density at radius 2 is 1.73 bits per heavy atom. The van der Waals surface area contributed by atoms with Gasteiger partial charge in [0.1, 0.15) is 11.6 Å². The van der Waals surface area contributed by atoms with Gasteiger partial charge in [-0.2, -0.15) is 5.26 Å². The van der Waals surface area contributed by atoms with Crippen LogP contribution in [-0.4, -0.2) is 5.91 Å². The van der Waals surface area contributed by atoms with Crippen LogP contribution < -0.4 is 10.6 Å². The molecule has 2 aromatic rings. The van der Waals surface area contributed by atoms with E-state index in [0.717, 1.165) is 45.6 Å². The van der Waals surface area contributed by atoms with Crippen LogP contribution in [0.25, 0.3) is 0 Å². The molecule has 2 N–H and O–H groups in total. The van der Waals surface area contributed by atoms with Gasteiger partial charge in [-0.3, -0.25) is 4.79 Å². The first-order chi connectivity index (χ1) is 12.4. The first-order valence-electron chi connectivity index (χ1n) is 8.71. The minimum atomic E-state index is -0.415. The standard InChI is InChI=1S/C22H25N3O/c1-6-18-9-7-8-15(3)21(18)24-13-19(12-23)22(26)25-20-16(4)10-14(2)11-17(20)5/h7-11,13,24H,6H2,1-5H3,(H,25,26)/b19-13-. The number of benzene rings is 2. The van der Waals surface area contributed by atoms with Crippen molar-refractivity contribution in [2.75, 3.05) is 10.6 Å². The summed E-state index contributed by atoms with van der Waals surface area (Å²) in [4.78, 5) is 12.6. The number of aryl methyl sites for hydroxylation is 5. The summed E-state index contributed by atoms with van der Waals surface area (Å²) in [6.45, 7) is 9.99. The van der Waals surface area contributed by atoms with Gasteiger partial charge in [-0.25, -0.2) is 0 Å². The molecule has 134 valence electrons. The molecule has 2 rings (SSSR count). The smallest absolute Gasteiger partial charge is 0.267 e. The quantitative estimate of drug-likeness (QED) is 0.595. The van der Waals surface area contributed by atoms with E-state index < -0.39 is 5.91 Å². The average Bonchev–Trinajstić information content (AvgIpc) is 2.59. The molecule has 0 saturated carbocycles. The van der Waals surface area contributed by atoms with Crippen molar-refractivity contribution in [1.82, 2.24) is 0 Å². The summed E-state index contributed by atoms with van der Waals surface area (Å²) >= 11 is 0. The average molecular weight is 347 g/mol. The maximum Gasteiger partial charge on any atom is 0.267 e. The largest absolute Gasteiger partial charge is 0.360 e. The molecular formula is C22H25N3O. The third-order valence-electron chi connectivity index (χ3n) is 4.38. The van der Waals surface area contributed by atoms with Crippen molar-refractivity contribution < 1.29 is 4.79 Å². The Morgan fingerprint density at radius 3 is 2.31 bits per heavy atom. The van der Waals surface area contributed by atoms with Crippen LogP contribution in [0.5, 0.6) is 0 Å². The predicted molar refractivity (Wildman–Crippen MR) is 107 cm³/mol. The van der Waals surface area contributed by atoms with Crippen molar-refractivity contribution in [2.24, 2.45) is 0 Å². The number of carbonyl (C=O) groups is 1. The monoisotopic (exact) mass is 347 g/mol. The lowest BCUT2D eigenvalue weighted by atomic mass is 10.0. The first kappa shape index (κ1) is 19.3. The maximum absolute atomic E-state index is 12.6. The Morgan fingerprint density at radius 1 is 1.08 bits per heavy atom. The molecular weight excluding hydrogens is 322 g/mol. The van der Waals surface area contributed by atoms with E-state index in [9.17, 15) is 10.1 Å². The van der Waals surface area contributed by atoms with Crippen LogP contribution in [0.1, 0.15) is 34.7 Å². The summed E-state index contributed by atoms with van der Waals surface area (Å²) in [5.41, 5.74) is 7.05. The highest BCUT2D eigenvalue weighted by Crippen LogP contribution is 2.23. The van der Waals surface area contributed by atoms with Crippen molar-refractivity contribution in [3.8, 4) is 6.07 Å². The third-order valence-corrected chi connectivity index (χ3v) is 4.38. The fourth-order valence-corrected chi connectivity index (χ4v) is 3.08. The van der Waals surface area contributed by atoms with E-state index in [1.165, 1.54) is 6.20 Å². The van der Waals surface area contributed by atoms with Crippen LogP contribution in [0.15, 0.2) is 42.1 Å². The van der Waals surface area contributed by atoms with Crippen molar-refractivity contribution >= 4 is 17.3 Å². The highest BCUT2D eigenvalue weighted by molar-refractivity contribution is 6.07. The third kappa shape index (κ3) is 4.31. The van der Waals surface area contributed by atoms with E-state index in [1.54, 1.807) is 0 Å². The molecule has 0 spiro atoms. The van der Waals surface area contributed by atoms with E-state index in [0.29, 0.717) is 0 Å². The van der Waals surface area contributed by atoms with Crippen LogP contribution in [0.2, 0.25) is 0 Å². The number of rotatable bonds is 5. The van der Waals surface area contributed by atoms with Gasteiger partial charge in [0.05, 0.1) is 0 Å². The molecule has 0 heterocycles. The minimum absolute atomic E-state index is 0.0367. The first-order valence-corrected chi connectivity index (χ1v) is 8.71. The molecule has 0 aliphatic carbocycles. The number of hydrogen-bond acceptors (Lipinski definition) is 3. The summed E-state index contributed by atoms with van der Waals surface area (Å²) in [6.07, 6.45) is 2.35. The molecule has 4 nitrogen and oxygen atoms in total. The van der Waals surface area contributed by atoms with Gasteiger partial charge in [-0.1, -0.05) is 42.8 Å². The van der Waals surface area contributed by atoms with Gasteiger partial charge in [-0.15, -0.1) is 0 Å². The highest BCUT2D eigenvalue weighted by Gasteiger charge is 2.13. The van der Waals surface area contributed by atoms with Crippen molar-refractivity contribution in [2.45, 2.75) is 41.0 Å². The molecule has 0 aromatic heterocycles. The molecule has 0 fully saturated rings. The van der Waals surface area contributed by atoms with Gasteiger partial charge in [0.15, 0.2) is 0 Å².